The summed E-state index contributed by atoms with van der Waals surface area (Å²) >= 11 is 3.62. The highest BCUT2D eigenvalue weighted by atomic mass is 79.9. The summed E-state index contributed by atoms with van der Waals surface area (Å²) in [5, 5.41) is 11.7. The van der Waals surface area contributed by atoms with Gasteiger partial charge in [-0.25, -0.2) is 0 Å². The minimum absolute atomic E-state index is 0.376. The highest BCUT2D eigenvalue weighted by molar-refractivity contribution is 9.10. The predicted molar refractivity (Wildman–Crippen MR) is 127 cm³/mol. The molecule has 2 fully saturated rings. The van der Waals surface area contributed by atoms with Gasteiger partial charge in [-0.2, -0.15) is 0 Å². The number of aliphatic hydroxyl groups is 1. The van der Waals surface area contributed by atoms with Crippen LogP contribution in [0.4, 0.5) is 0 Å². The van der Waals surface area contributed by atoms with Gasteiger partial charge in [0.25, 0.3) is 0 Å². The SMILES string of the molecule is CC1(C)CC2CC(C)(CN2CC#CCC(O)(c2ccccc2)c2ccccc2Br)C1. The van der Waals surface area contributed by atoms with E-state index in [0.717, 1.165) is 28.7 Å². The normalized spacial score (nSPS) is 27.2. The van der Waals surface area contributed by atoms with Crippen molar-refractivity contribution in [1.29, 1.82) is 0 Å². The van der Waals surface area contributed by atoms with Crippen LogP contribution in [0.25, 0.3) is 0 Å². The molecule has 2 aliphatic rings. The Morgan fingerprint density at radius 1 is 1.03 bits per heavy atom. The van der Waals surface area contributed by atoms with E-state index in [1.165, 1.54) is 19.3 Å². The molecule has 0 spiro atoms. The van der Waals surface area contributed by atoms with Gasteiger partial charge in [0.05, 0.1) is 6.54 Å². The second-order valence-corrected chi connectivity index (χ2v) is 11.2. The minimum atomic E-state index is -1.14. The van der Waals surface area contributed by atoms with Crippen LogP contribution in [-0.4, -0.2) is 29.1 Å². The quantitative estimate of drug-likeness (QED) is 0.561. The Kier molecular flexibility index (Phi) is 5.88. The lowest BCUT2D eigenvalue weighted by Crippen LogP contribution is -2.34. The van der Waals surface area contributed by atoms with Crippen molar-refractivity contribution in [3.8, 4) is 11.8 Å². The zero-order chi connectivity index (χ0) is 21.4. The molecule has 0 amide bonds. The molecule has 30 heavy (non-hydrogen) atoms. The first-order chi connectivity index (χ1) is 14.2. The molecule has 3 unspecified atom stereocenters. The minimum Gasteiger partial charge on any atom is -0.379 e. The Morgan fingerprint density at radius 3 is 2.47 bits per heavy atom. The summed E-state index contributed by atoms with van der Waals surface area (Å²) in [6, 6.07) is 18.4. The van der Waals surface area contributed by atoms with Gasteiger partial charge in [0.15, 0.2) is 0 Å². The number of benzene rings is 2. The molecule has 3 heteroatoms. The van der Waals surface area contributed by atoms with Gasteiger partial charge in [-0.3, -0.25) is 4.90 Å². The monoisotopic (exact) mass is 465 g/mol. The molecule has 2 bridgehead atoms. The molecule has 1 saturated heterocycles. The first kappa shape index (κ1) is 21.6. The molecule has 3 atom stereocenters. The third kappa shape index (κ3) is 4.37. The summed E-state index contributed by atoms with van der Waals surface area (Å²) in [7, 11) is 0. The summed E-state index contributed by atoms with van der Waals surface area (Å²) < 4.78 is 0.904. The fourth-order valence-corrected chi connectivity index (χ4v) is 6.59. The number of hydrogen-bond acceptors (Lipinski definition) is 2. The van der Waals surface area contributed by atoms with Crippen molar-refractivity contribution < 1.29 is 5.11 Å². The van der Waals surface area contributed by atoms with Gasteiger partial charge in [-0.15, -0.1) is 0 Å². The Hall–Kier alpha value is -1.60. The maximum Gasteiger partial charge on any atom is 0.127 e. The van der Waals surface area contributed by atoms with Crippen molar-refractivity contribution in [2.24, 2.45) is 10.8 Å². The molecule has 2 nitrogen and oxygen atoms in total. The van der Waals surface area contributed by atoms with Crippen LogP contribution in [0.5, 0.6) is 0 Å². The molecule has 1 N–H and O–H groups in total. The van der Waals surface area contributed by atoms with Crippen LogP contribution < -0.4 is 0 Å². The highest BCUT2D eigenvalue weighted by Crippen LogP contribution is 2.52. The van der Waals surface area contributed by atoms with Crippen LogP contribution in [0.2, 0.25) is 0 Å². The number of nitrogens with zero attached hydrogens (tertiary/aromatic N) is 1. The Morgan fingerprint density at radius 2 is 1.73 bits per heavy atom. The van der Waals surface area contributed by atoms with E-state index in [4.69, 9.17) is 0 Å². The molecule has 1 saturated carbocycles. The number of halogens is 1. The molecular weight excluding hydrogens is 434 g/mol. The van der Waals surface area contributed by atoms with Gasteiger partial charge in [0.2, 0.25) is 0 Å². The summed E-state index contributed by atoms with van der Waals surface area (Å²) in [4.78, 5) is 2.57. The molecular formula is C27H32BrNO. The second-order valence-electron chi connectivity index (χ2n) is 10.4. The number of rotatable bonds is 4. The average molecular weight is 466 g/mol. The molecule has 0 radical (unpaired) electrons. The Bertz CT molecular complexity index is 960. The van der Waals surface area contributed by atoms with E-state index >= 15 is 0 Å². The smallest absolute Gasteiger partial charge is 0.127 e. The van der Waals surface area contributed by atoms with E-state index < -0.39 is 5.60 Å². The number of fused-ring (bicyclic) bond motifs is 2. The van der Waals surface area contributed by atoms with Gasteiger partial charge >= 0.3 is 0 Å². The molecule has 2 aromatic rings. The molecule has 4 rings (SSSR count). The predicted octanol–water partition coefficient (Wildman–Crippen LogP) is 5.98. The van der Waals surface area contributed by atoms with Crippen LogP contribution in [-0.2, 0) is 5.60 Å². The maximum atomic E-state index is 11.7. The average Bonchev–Trinajstić information content (AvgIpc) is 2.94. The van der Waals surface area contributed by atoms with Crippen molar-refractivity contribution in [2.45, 2.75) is 58.1 Å². The van der Waals surface area contributed by atoms with E-state index in [0.29, 0.717) is 23.3 Å². The summed E-state index contributed by atoms with van der Waals surface area (Å²) in [5.74, 6) is 6.73. The first-order valence-corrected chi connectivity index (χ1v) is 11.7. The molecule has 0 aromatic heterocycles. The summed E-state index contributed by atoms with van der Waals surface area (Å²) in [6.45, 7) is 9.18. The lowest BCUT2D eigenvalue weighted by Gasteiger charge is -2.39. The molecule has 1 heterocycles. The lowest BCUT2D eigenvalue weighted by molar-refractivity contribution is 0.0857. The van der Waals surface area contributed by atoms with E-state index in [9.17, 15) is 5.11 Å². The van der Waals surface area contributed by atoms with Crippen molar-refractivity contribution in [1.82, 2.24) is 4.90 Å². The van der Waals surface area contributed by atoms with Gasteiger partial charge < -0.3 is 5.11 Å². The number of hydrogen-bond donors (Lipinski definition) is 1. The first-order valence-electron chi connectivity index (χ1n) is 10.9. The van der Waals surface area contributed by atoms with Crippen LogP contribution in [0, 0.1) is 22.7 Å². The largest absolute Gasteiger partial charge is 0.379 e. The van der Waals surface area contributed by atoms with Crippen LogP contribution in [0.15, 0.2) is 59.1 Å². The van der Waals surface area contributed by atoms with Crippen LogP contribution in [0.3, 0.4) is 0 Å². The maximum absolute atomic E-state index is 11.7. The third-order valence-corrected chi connectivity index (χ3v) is 7.54. The molecule has 1 aliphatic heterocycles. The van der Waals surface area contributed by atoms with Gasteiger partial charge in [-0.1, -0.05) is 97.1 Å². The van der Waals surface area contributed by atoms with E-state index in [1.807, 2.05) is 54.6 Å². The lowest BCUT2D eigenvalue weighted by atomic mass is 9.65. The van der Waals surface area contributed by atoms with Crippen molar-refractivity contribution >= 4 is 15.9 Å². The molecule has 2 aromatic carbocycles. The van der Waals surface area contributed by atoms with Crippen LogP contribution in [0.1, 0.15) is 57.6 Å². The fourth-order valence-electron chi connectivity index (χ4n) is 5.97. The van der Waals surface area contributed by atoms with E-state index in [-0.39, 0.29) is 0 Å². The van der Waals surface area contributed by atoms with E-state index in [1.54, 1.807) is 0 Å². The standard InChI is InChI=1S/C27H32BrNO/c1-25(2)17-22-18-26(3,19-25)20-29(22)16-10-9-15-27(30,21-11-5-4-6-12-21)23-13-7-8-14-24(23)28/h4-8,11-14,22,30H,15-20H2,1-3H3. The fraction of sp³-hybridized carbons (Fsp3) is 0.481. The number of likely N-dealkylation sites (tertiary alicyclic amines) is 1. The summed E-state index contributed by atoms with van der Waals surface area (Å²) in [5.41, 5.74) is 1.44. The zero-order valence-corrected chi connectivity index (χ0v) is 19.9. The van der Waals surface area contributed by atoms with Crippen molar-refractivity contribution in [3.63, 3.8) is 0 Å². The summed E-state index contributed by atoms with van der Waals surface area (Å²) in [6.07, 6.45) is 4.23. The Balaban J connectivity index is 1.53. The third-order valence-electron chi connectivity index (χ3n) is 6.85. The molecule has 1 aliphatic carbocycles. The zero-order valence-electron chi connectivity index (χ0n) is 18.3. The second kappa shape index (κ2) is 8.15. The van der Waals surface area contributed by atoms with Crippen molar-refractivity contribution in [3.05, 3.63) is 70.2 Å². The van der Waals surface area contributed by atoms with Crippen molar-refractivity contribution in [2.75, 3.05) is 13.1 Å². The Labute approximate surface area is 189 Å². The molecule has 158 valence electrons. The van der Waals surface area contributed by atoms with E-state index in [2.05, 4.69) is 53.4 Å². The van der Waals surface area contributed by atoms with Crippen LogP contribution >= 0.6 is 15.9 Å². The highest BCUT2D eigenvalue weighted by Gasteiger charge is 2.49. The van der Waals surface area contributed by atoms with Gasteiger partial charge in [-0.05, 0) is 41.7 Å². The van der Waals surface area contributed by atoms with Gasteiger partial charge in [0.1, 0.15) is 5.60 Å². The van der Waals surface area contributed by atoms with Gasteiger partial charge in [0, 0.05) is 29.0 Å². The topological polar surface area (TPSA) is 23.5 Å².